The van der Waals surface area contributed by atoms with Crippen LogP contribution in [0.25, 0.3) is 0 Å². The average Bonchev–Trinajstić information content (AvgIpc) is 2.29. The fourth-order valence-corrected chi connectivity index (χ4v) is 1.73. The van der Waals surface area contributed by atoms with E-state index in [1.54, 1.807) is 25.1 Å². The maximum atomic E-state index is 11.8. The number of nitrogens with two attached hydrogens (primary N) is 1. The van der Waals surface area contributed by atoms with Crippen LogP contribution in [0, 0.1) is 0 Å². The van der Waals surface area contributed by atoms with Gasteiger partial charge in [-0.15, -0.1) is 12.4 Å². The lowest BCUT2D eigenvalue weighted by Crippen LogP contribution is -2.27. The van der Waals surface area contributed by atoms with E-state index in [-0.39, 0.29) is 37.2 Å². The maximum Gasteiger partial charge on any atom is 0.307 e. The van der Waals surface area contributed by atoms with Gasteiger partial charge in [-0.3, -0.25) is 9.59 Å². The minimum Gasteiger partial charge on any atom is -0.466 e. The van der Waals surface area contributed by atoms with Gasteiger partial charge in [-0.2, -0.15) is 0 Å². The number of hydrogen-bond acceptors (Lipinski definition) is 4. The molecular formula is C12H16BrClN2O3. The smallest absolute Gasteiger partial charge is 0.307 e. The van der Waals surface area contributed by atoms with Crippen LogP contribution < -0.4 is 11.1 Å². The van der Waals surface area contributed by atoms with E-state index in [4.69, 9.17) is 10.5 Å². The molecule has 0 unspecified atom stereocenters. The Morgan fingerprint density at radius 1 is 1.42 bits per heavy atom. The predicted molar refractivity (Wildman–Crippen MR) is 79.4 cm³/mol. The minimum atomic E-state index is -0.332. The van der Waals surface area contributed by atoms with Gasteiger partial charge in [-0.1, -0.05) is 15.9 Å². The molecule has 0 atom stereocenters. The Bertz CT molecular complexity index is 455. The lowest BCUT2D eigenvalue weighted by molar-refractivity contribution is -0.142. The van der Waals surface area contributed by atoms with E-state index in [2.05, 4.69) is 21.2 Å². The van der Waals surface area contributed by atoms with Gasteiger partial charge in [-0.05, 0) is 25.1 Å². The van der Waals surface area contributed by atoms with Crippen molar-refractivity contribution < 1.29 is 14.3 Å². The Labute approximate surface area is 126 Å². The fourth-order valence-electron chi connectivity index (χ4n) is 1.35. The third-order valence-electron chi connectivity index (χ3n) is 2.18. The van der Waals surface area contributed by atoms with Crippen LogP contribution in [-0.4, -0.2) is 25.0 Å². The molecule has 0 fully saturated rings. The summed E-state index contributed by atoms with van der Waals surface area (Å²) in [5.41, 5.74) is 6.50. The molecule has 3 N–H and O–H groups in total. The molecule has 0 aliphatic heterocycles. The van der Waals surface area contributed by atoms with Crippen molar-refractivity contribution in [2.75, 3.05) is 18.9 Å². The van der Waals surface area contributed by atoms with Gasteiger partial charge in [0, 0.05) is 16.7 Å². The second kappa shape index (κ2) is 8.77. The number of nitrogen functional groups attached to an aromatic ring is 1. The molecule has 0 radical (unpaired) electrons. The standard InChI is InChI=1S/C12H15BrN2O3.ClH/c1-2-18-11(16)5-6-15-12(17)9-4-3-8(13)7-10(9)14;/h3-4,7H,2,5-6,14H2,1H3,(H,15,17);1H. The fraction of sp³-hybridized carbons (Fsp3) is 0.333. The summed E-state index contributed by atoms with van der Waals surface area (Å²) < 4.78 is 5.56. The maximum absolute atomic E-state index is 11.8. The van der Waals surface area contributed by atoms with Crippen molar-refractivity contribution in [2.45, 2.75) is 13.3 Å². The normalized spacial score (nSPS) is 9.37. The molecule has 0 bridgehead atoms. The average molecular weight is 352 g/mol. The van der Waals surface area contributed by atoms with Crippen molar-refractivity contribution >= 4 is 45.9 Å². The molecule has 5 nitrogen and oxygen atoms in total. The Hall–Kier alpha value is -1.27. The van der Waals surface area contributed by atoms with Crippen molar-refractivity contribution in [3.05, 3.63) is 28.2 Å². The number of anilines is 1. The zero-order chi connectivity index (χ0) is 13.5. The minimum absolute atomic E-state index is 0. The highest BCUT2D eigenvalue weighted by molar-refractivity contribution is 9.10. The lowest BCUT2D eigenvalue weighted by atomic mass is 10.1. The van der Waals surface area contributed by atoms with Crippen molar-refractivity contribution in [3.8, 4) is 0 Å². The van der Waals surface area contributed by atoms with E-state index < -0.39 is 0 Å². The number of hydrogen-bond donors (Lipinski definition) is 2. The van der Waals surface area contributed by atoms with E-state index in [1.807, 2.05) is 0 Å². The first-order valence-corrected chi connectivity index (χ1v) is 6.32. The van der Waals surface area contributed by atoms with E-state index in [0.717, 1.165) is 4.47 Å². The molecule has 7 heteroatoms. The second-order valence-corrected chi connectivity index (χ2v) is 4.46. The van der Waals surface area contributed by atoms with Crippen LogP contribution in [0.5, 0.6) is 0 Å². The summed E-state index contributed by atoms with van der Waals surface area (Å²) in [6.45, 7) is 2.30. The van der Waals surface area contributed by atoms with Gasteiger partial charge in [0.1, 0.15) is 0 Å². The van der Waals surface area contributed by atoms with Gasteiger partial charge in [0.25, 0.3) is 5.91 Å². The van der Waals surface area contributed by atoms with E-state index in [1.165, 1.54) is 0 Å². The number of halogens is 2. The highest BCUT2D eigenvalue weighted by Crippen LogP contribution is 2.18. The SMILES string of the molecule is CCOC(=O)CCNC(=O)c1ccc(Br)cc1N.Cl. The second-order valence-electron chi connectivity index (χ2n) is 3.54. The first-order valence-electron chi connectivity index (χ1n) is 5.53. The topological polar surface area (TPSA) is 81.4 Å². The number of benzene rings is 1. The zero-order valence-electron chi connectivity index (χ0n) is 10.4. The van der Waals surface area contributed by atoms with Crippen LogP contribution in [0.3, 0.4) is 0 Å². The van der Waals surface area contributed by atoms with Crippen molar-refractivity contribution in [1.82, 2.24) is 5.32 Å². The summed E-state index contributed by atoms with van der Waals surface area (Å²) in [6.07, 6.45) is 0.149. The number of amides is 1. The summed E-state index contributed by atoms with van der Waals surface area (Å²) in [5, 5.41) is 2.61. The van der Waals surface area contributed by atoms with Crippen LogP contribution >= 0.6 is 28.3 Å². The molecule has 1 aromatic rings. The van der Waals surface area contributed by atoms with Gasteiger partial charge >= 0.3 is 5.97 Å². The molecule has 0 aliphatic carbocycles. The monoisotopic (exact) mass is 350 g/mol. The van der Waals surface area contributed by atoms with Gasteiger partial charge in [0.15, 0.2) is 0 Å². The molecule has 0 spiro atoms. The molecule has 0 saturated heterocycles. The summed E-state index contributed by atoms with van der Waals surface area (Å²) in [7, 11) is 0. The summed E-state index contributed by atoms with van der Waals surface area (Å²) in [6, 6.07) is 5.01. The largest absolute Gasteiger partial charge is 0.466 e. The van der Waals surface area contributed by atoms with E-state index in [9.17, 15) is 9.59 Å². The molecule has 1 aromatic carbocycles. The van der Waals surface area contributed by atoms with Crippen LogP contribution in [0.4, 0.5) is 5.69 Å². The van der Waals surface area contributed by atoms with Crippen molar-refractivity contribution in [3.63, 3.8) is 0 Å². The number of esters is 1. The van der Waals surface area contributed by atoms with Crippen LogP contribution in [0.2, 0.25) is 0 Å². The summed E-state index contributed by atoms with van der Waals surface area (Å²) in [5.74, 6) is -0.633. The van der Waals surface area contributed by atoms with E-state index >= 15 is 0 Å². The zero-order valence-corrected chi connectivity index (χ0v) is 12.8. The van der Waals surface area contributed by atoms with Crippen LogP contribution in [-0.2, 0) is 9.53 Å². The lowest BCUT2D eigenvalue weighted by Gasteiger charge is -2.07. The molecule has 0 saturated carbocycles. The first-order chi connectivity index (χ1) is 8.54. The number of rotatable bonds is 5. The third-order valence-corrected chi connectivity index (χ3v) is 2.67. The molecule has 1 rings (SSSR count). The molecule has 106 valence electrons. The van der Waals surface area contributed by atoms with Gasteiger partial charge < -0.3 is 15.8 Å². The summed E-state index contributed by atoms with van der Waals surface area (Å²) >= 11 is 3.26. The van der Waals surface area contributed by atoms with Gasteiger partial charge in [0.2, 0.25) is 0 Å². The number of carbonyl (C=O) groups excluding carboxylic acids is 2. The van der Waals surface area contributed by atoms with Gasteiger partial charge in [0.05, 0.1) is 18.6 Å². The Kier molecular flexibility index (Phi) is 8.18. The summed E-state index contributed by atoms with van der Waals surface area (Å²) in [4.78, 5) is 22.8. The van der Waals surface area contributed by atoms with Crippen LogP contribution in [0.1, 0.15) is 23.7 Å². The third kappa shape index (κ3) is 5.94. The first kappa shape index (κ1) is 17.7. The molecular weight excluding hydrogens is 336 g/mol. The number of nitrogens with one attached hydrogen (secondary N) is 1. The number of ether oxygens (including phenoxy) is 1. The Morgan fingerprint density at radius 2 is 2.11 bits per heavy atom. The molecule has 1 amide bonds. The van der Waals surface area contributed by atoms with Crippen molar-refractivity contribution in [2.24, 2.45) is 0 Å². The quantitative estimate of drug-likeness (QED) is 0.629. The predicted octanol–water partition coefficient (Wildman–Crippen LogP) is 2.14. The highest BCUT2D eigenvalue weighted by atomic mass is 79.9. The molecule has 0 aromatic heterocycles. The highest BCUT2D eigenvalue weighted by Gasteiger charge is 2.10. The number of carbonyl (C=O) groups is 2. The Morgan fingerprint density at radius 3 is 2.68 bits per heavy atom. The molecule has 0 aliphatic rings. The molecule has 19 heavy (non-hydrogen) atoms. The molecule has 0 heterocycles. The van der Waals surface area contributed by atoms with Crippen LogP contribution in [0.15, 0.2) is 22.7 Å². The Balaban J connectivity index is 0.00000324. The van der Waals surface area contributed by atoms with Gasteiger partial charge in [-0.25, -0.2) is 0 Å². The van der Waals surface area contributed by atoms with Crippen molar-refractivity contribution in [1.29, 1.82) is 0 Å². The van der Waals surface area contributed by atoms with E-state index in [0.29, 0.717) is 17.9 Å².